The highest BCUT2D eigenvalue weighted by molar-refractivity contribution is 7.10. The molecule has 1 aliphatic rings. The number of benzene rings is 1. The van der Waals surface area contributed by atoms with Gasteiger partial charge < -0.3 is 0 Å². The summed E-state index contributed by atoms with van der Waals surface area (Å²) in [6, 6.07) is 10.4. The van der Waals surface area contributed by atoms with E-state index in [0.717, 1.165) is 17.5 Å². The molecule has 1 aliphatic carbocycles. The maximum atomic E-state index is 4.71. The van der Waals surface area contributed by atoms with Crippen LogP contribution in [0.2, 0.25) is 0 Å². The predicted molar refractivity (Wildman–Crippen MR) is 64.1 cm³/mol. The fraction of sp³-hybridized carbons (Fsp3) is 0.308. The van der Waals surface area contributed by atoms with Gasteiger partial charge in [-0.05, 0) is 12.3 Å². The molecule has 1 aromatic heterocycles. The molecule has 2 aromatic rings. The average Bonchev–Trinajstić information content (AvgIpc) is 2.83. The molecule has 1 fully saturated rings. The normalized spacial score (nSPS) is 24.1. The molecule has 1 nitrogen and oxygen atoms in total. The summed E-state index contributed by atoms with van der Waals surface area (Å²) in [6.07, 6.45) is 1.32. The van der Waals surface area contributed by atoms with Gasteiger partial charge in [-0.25, -0.2) is 4.98 Å². The van der Waals surface area contributed by atoms with Crippen molar-refractivity contribution in [3.8, 4) is 11.3 Å². The Labute approximate surface area is 93.8 Å². The molecule has 0 N–H and O–H groups in total. The van der Waals surface area contributed by atoms with Crippen molar-refractivity contribution < 1.29 is 0 Å². The maximum Gasteiger partial charge on any atom is 0.0966 e. The van der Waals surface area contributed by atoms with Crippen LogP contribution in [0.3, 0.4) is 0 Å². The van der Waals surface area contributed by atoms with Crippen LogP contribution in [0.15, 0.2) is 35.7 Å². The molecule has 0 amide bonds. The third-order valence-corrected chi connectivity index (χ3v) is 3.99. The molecule has 0 saturated heterocycles. The van der Waals surface area contributed by atoms with E-state index in [4.69, 9.17) is 4.98 Å². The SMILES string of the molecule is CC1CC1c1nc(-c2ccccc2)cs1. The maximum absolute atomic E-state index is 4.71. The number of thiazole rings is 1. The first kappa shape index (κ1) is 9.10. The van der Waals surface area contributed by atoms with Gasteiger partial charge in [0.2, 0.25) is 0 Å². The lowest BCUT2D eigenvalue weighted by Gasteiger charge is -1.94. The molecule has 1 aromatic carbocycles. The van der Waals surface area contributed by atoms with E-state index in [2.05, 4.69) is 36.6 Å². The molecule has 2 unspecified atom stereocenters. The van der Waals surface area contributed by atoms with Gasteiger partial charge in [0.1, 0.15) is 0 Å². The van der Waals surface area contributed by atoms with Gasteiger partial charge in [0.25, 0.3) is 0 Å². The average molecular weight is 215 g/mol. The number of hydrogen-bond acceptors (Lipinski definition) is 2. The zero-order chi connectivity index (χ0) is 10.3. The number of hydrogen-bond donors (Lipinski definition) is 0. The molecule has 2 atom stereocenters. The summed E-state index contributed by atoms with van der Waals surface area (Å²) in [6.45, 7) is 2.30. The Bertz CT molecular complexity index is 460. The zero-order valence-corrected chi connectivity index (χ0v) is 9.50. The summed E-state index contributed by atoms with van der Waals surface area (Å²) in [4.78, 5) is 4.71. The van der Waals surface area contributed by atoms with Crippen molar-refractivity contribution in [2.24, 2.45) is 5.92 Å². The summed E-state index contributed by atoms with van der Waals surface area (Å²) >= 11 is 1.81. The summed E-state index contributed by atoms with van der Waals surface area (Å²) in [5.41, 5.74) is 2.36. The first-order valence-corrected chi connectivity index (χ1v) is 6.23. The van der Waals surface area contributed by atoms with E-state index < -0.39 is 0 Å². The van der Waals surface area contributed by atoms with Gasteiger partial charge in [0.15, 0.2) is 0 Å². The second-order valence-electron chi connectivity index (χ2n) is 4.26. The van der Waals surface area contributed by atoms with Crippen LogP contribution < -0.4 is 0 Å². The van der Waals surface area contributed by atoms with Gasteiger partial charge >= 0.3 is 0 Å². The fourth-order valence-electron chi connectivity index (χ4n) is 1.87. The van der Waals surface area contributed by atoms with Crippen molar-refractivity contribution in [1.29, 1.82) is 0 Å². The van der Waals surface area contributed by atoms with Crippen LogP contribution in [-0.2, 0) is 0 Å². The molecular formula is C13H13NS. The lowest BCUT2D eigenvalue weighted by molar-refractivity contribution is 0.906. The van der Waals surface area contributed by atoms with Crippen LogP contribution in [0.4, 0.5) is 0 Å². The minimum atomic E-state index is 0.743. The minimum absolute atomic E-state index is 0.743. The largest absolute Gasteiger partial charge is 0.241 e. The van der Waals surface area contributed by atoms with E-state index in [1.54, 1.807) is 0 Å². The van der Waals surface area contributed by atoms with E-state index in [1.165, 1.54) is 17.0 Å². The molecule has 2 heteroatoms. The smallest absolute Gasteiger partial charge is 0.0966 e. The monoisotopic (exact) mass is 215 g/mol. The van der Waals surface area contributed by atoms with Crippen LogP contribution >= 0.6 is 11.3 Å². The van der Waals surface area contributed by atoms with Crippen LogP contribution in [0, 0.1) is 5.92 Å². The van der Waals surface area contributed by atoms with Gasteiger partial charge in [-0.2, -0.15) is 0 Å². The van der Waals surface area contributed by atoms with Crippen molar-refractivity contribution in [3.05, 3.63) is 40.7 Å². The van der Waals surface area contributed by atoms with Gasteiger partial charge in [-0.15, -0.1) is 11.3 Å². The molecule has 0 bridgehead atoms. The van der Waals surface area contributed by atoms with Crippen molar-refractivity contribution in [2.45, 2.75) is 19.3 Å². The number of rotatable bonds is 2. The lowest BCUT2D eigenvalue weighted by Crippen LogP contribution is -1.81. The molecule has 0 aliphatic heterocycles. The van der Waals surface area contributed by atoms with E-state index in [1.807, 2.05) is 17.4 Å². The zero-order valence-electron chi connectivity index (χ0n) is 8.68. The molecule has 1 saturated carbocycles. The van der Waals surface area contributed by atoms with E-state index in [0.29, 0.717) is 0 Å². The summed E-state index contributed by atoms with van der Waals surface area (Å²) < 4.78 is 0. The van der Waals surface area contributed by atoms with Crippen LogP contribution in [-0.4, -0.2) is 4.98 Å². The second kappa shape index (κ2) is 3.46. The summed E-state index contributed by atoms with van der Waals surface area (Å²) in [5.74, 6) is 1.59. The standard InChI is InChI=1S/C13H13NS/c1-9-7-11(9)13-14-12(8-15-13)10-5-3-2-4-6-10/h2-6,8-9,11H,7H2,1H3. The van der Waals surface area contributed by atoms with Crippen molar-refractivity contribution in [1.82, 2.24) is 4.98 Å². The minimum Gasteiger partial charge on any atom is -0.241 e. The van der Waals surface area contributed by atoms with E-state index in [-0.39, 0.29) is 0 Å². The molecule has 1 heterocycles. The van der Waals surface area contributed by atoms with Gasteiger partial charge in [-0.3, -0.25) is 0 Å². The van der Waals surface area contributed by atoms with Crippen LogP contribution in [0.1, 0.15) is 24.3 Å². The third-order valence-electron chi connectivity index (χ3n) is 3.02. The highest BCUT2D eigenvalue weighted by Gasteiger charge is 2.36. The van der Waals surface area contributed by atoms with Gasteiger partial charge in [0, 0.05) is 16.9 Å². The van der Waals surface area contributed by atoms with Crippen LogP contribution in [0.25, 0.3) is 11.3 Å². The Kier molecular flexibility index (Phi) is 2.10. The fourth-order valence-corrected chi connectivity index (χ4v) is 2.94. The molecule has 0 spiro atoms. The molecule has 0 radical (unpaired) electrons. The molecule has 15 heavy (non-hydrogen) atoms. The van der Waals surface area contributed by atoms with Gasteiger partial charge in [-0.1, -0.05) is 37.3 Å². The van der Waals surface area contributed by atoms with Crippen molar-refractivity contribution in [2.75, 3.05) is 0 Å². The van der Waals surface area contributed by atoms with Crippen molar-refractivity contribution >= 4 is 11.3 Å². The Morgan fingerprint density at radius 3 is 2.67 bits per heavy atom. The Balaban J connectivity index is 1.91. The highest BCUT2D eigenvalue weighted by Crippen LogP contribution is 2.48. The Hall–Kier alpha value is -1.15. The Morgan fingerprint density at radius 1 is 1.27 bits per heavy atom. The highest BCUT2D eigenvalue weighted by atomic mass is 32.1. The third kappa shape index (κ3) is 1.70. The summed E-state index contributed by atoms with van der Waals surface area (Å²) in [7, 11) is 0. The number of nitrogens with zero attached hydrogens (tertiary/aromatic N) is 1. The van der Waals surface area contributed by atoms with E-state index >= 15 is 0 Å². The number of aromatic nitrogens is 1. The Morgan fingerprint density at radius 2 is 2.00 bits per heavy atom. The van der Waals surface area contributed by atoms with Gasteiger partial charge in [0.05, 0.1) is 10.7 Å². The lowest BCUT2D eigenvalue weighted by atomic mass is 10.2. The molecule has 76 valence electrons. The first-order valence-electron chi connectivity index (χ1n) is 5.35. The first-order chi connectivity index (χ1) is 7.34. The quantitative estimate of drug-likeness (QED) is 0.739. The van der Waals surface area contributed by atoms with Crippen LogP contribution in [0.5, 0.6) is 0 Å². The second-order valence-corrected chi connectivity index (χ2v) is 5.15. The van der Waals surface area contributed by atoms with Crippen molar-refractivity contribution in [3.63, 3.8) is 0 Å². The molecular weight excluding hydrogens is 202 g/mol. The topological polar surface area (TPSA) is 12.9 Å². The van der Waals surface area contributed by atoms with E-state index in [9.17, 15) is 0 Å². The summed E-state index contributed by atoms with van der Waals surface area (Å²) in [5, 5.41) is 3.50. The molecule has 3 rings (SSSR count). The predicted octanol–water partition coefficient (Wildman–Crippen LogP) is 3.93.